The zero-order valence-corrected chi connectivity index (χ0v) is 15.6. The monoisotopic (exact) mass is 393 g/mol. The Bertz CT molecular complexity index is 1190. The van der Waals surface area contributed by atoms with Crippen molar-refractivity contribution in [1.29, 1.82) is 0 Å². The number of hydrogen-bond donors (Lipinski definition) is 1. The van der Waals surface area contributed by atoms with Gasteiger partial charge < -0.3 is 4.74 Å². The highest BCUT2D eigenvalue weighted by Crippen LogP contribution is 2.27. The van der Waals surface area contributed by atoms with Crippen LogP contribution in [0.3, 0.4) is 0 Å². The second-order valence-corrected chi connectivity index (χ2v) is 6.03. The largest absolute Gasteiger partial charge is 0.491 e. The van der Waals surface area contributed by atoms with Gasteiger partial charge in [-0.25, -0.2) is 24.0 Å². The van der Waals surface area contributed by atoms with Crippen molar-refractivity contribution in [2.75, 3.05) is 11.9 Å². The van der Waals surface area contributed by atoms with E-state index in [2.05, 4.69) is 30.4 Å². The van der Waals surface area contributed by atoms with E-state index >= 15 is 0 Å². The van der Waals surface area contributed by atoms with Crippen LogP contribution in [0.2, 0.25) is 0 Å². The minimum Gasteiger partial charge on any atom is -0.491 e. The smallest absolute Gasteiger partial charge is 0.232 e. The fourth-order valence-electron chi connectivity index (χ4n) is 2.78. The first-order chi connectivity index (χ1) is 14.0. The molecule has 10 heteroatoms. The molecule has 3 heterocycles. The second-order valence-electron chi connectivity index (χ2n) is 6.03. The molecule has 1 N–H and O–H groups in total. The molecule has 146 valence electrons. The number of hydrogen-bond acceptors (Lipinski definition) is 7. The van der Waals surface area contributed by atoms with E-state index in [4.69, 9.17) is 4.74 Å². The number of carbonyl (C=O) groups is 1. The molecule has 0 aliphatic heterocycles. The summed E-state index contributed by atoms with van der Waals surface area (Å²) in [7, 11) is 0. The van der Waals surface area contributed by atoms with Crippen molar-refractivity contribution in [3.05, 3.63) is 48.8 Å². The van der Waals surface area contributed by atoms with Gasteiger partial charge in [0.25, 0.3) is 0 Å². The van der Waals surface area contributed by atoms with Crippen LogP contribution in [0.5, 0.6) is 5.75 Å². The van der Waals surface area contributed by atoms with Crippen LogP contribution in [0.4, 0.5) is 10.3 Å². The maximum Gasteiger partial charge on any atom is 0.232 e. The Hall–Kier alpha value is -3.95. The molecule has 0 atom stereocenters. The molecule has 1 amide bonds. The maximum atomic E-state index is 14.3. The normalized spacial score (nSPS) is 10.9. The fraction of sp³-hybridized carbons (Fsp3) is 0.158. The minimum absolute atomic E-state index is 0.122. The standard InChI is InChI=1S/C19H16FN7O2/c1-3-29-16-7-4-12(8-13(16)20)14-5-6-15-17(24-14)18(27-10-21-9-22-27)26-19(25-15)23-11(2)28/h4-10H,3H2,1-2H3,(H,23,25,26,28). The van der Waals surface area contributed by atoms with E-state index in [1.54, 1.807) is 31.2 Å². The lowest BCUT2D eigenvalue weighted by Crippen LogP contribution is -2.12. The second kappa shape index (κ2) is 7.58. The zero-order chi connectivity index (χ0) is 20.4. The highest BCUT2D eigenvalue weighted by atomic mass is 19.1. The van der Waals surface area contributed by atoms with Crippen LogP contribution in [-0.4, -0.2) is 42.2 Å². The Morgan fingerprint density at radius 3 is 2.76 bits per heavy atom. The Morgan fingerprint density at radius 1 is 1.21 bits per heavy atom. The van der Waals surface area contributed by atoms with Crippen LogP contribution in [0, 0.1) is 5.82 Å². The van der Waals surface area contributed by atoms with Crippen molar-refractivity contribution in [2.24, 2.45) is 0 Å². The predicted molar refractivity (Wildman–Crippen MR) is 103 cm³/mol. The average molecular weight is 393 g/mol. The molecule has 3 aromatic heterocycles. The van der Waals surface area contributed by atoms with E-state index in [9.17, 15) is 9.18 Å². The summed E-state index contributed by atoms with van der Waals surface area (Å²) in [5, 5.41) is 6.65. The van der Waals surface area contributed by atoms with E-state index < -0.39 is 5.82 Å². The van der Waals surface area contributed by atoms with E-state index in [1.807, 2.05) is 0 Å². The van der Waals surface area contributed by atoms with Crippen LogP contribution >= 0.6 is 0 Å². The molecule has 9 nitrogen and oxygen atoms in total. The van der Waals surface area contributed by atoms with E-state index in [0.717, 1.165) is 0 Å². The number of amides is 1. The van der Waals surface area contributed by atoms with Crippen LogP contribution in [0.1, 0.15) is 13.8 Å². The van der Waals surface area contributed by atoms with Gasteiger partial charge >= 0.3 is 0 Å². The molecule has 29 heavy (non-hydrogen) atoms. The Balaban J connectivity index is 1.86. The fourth-order valence-corrected chi connectivity index (χ4v) is 2.78. The van der Waals surface area contributed by atoms with Crippen molar-refractivity contribution < 1.29 is 13.9 Å². The molecule has 0 aliphatic rings. The highest BCUT2D eigenvalue weighted by Gasteiger charge is 2.15. The summed E-state index contributed by atoms with van der Waals surface area (Å²) in [6.45, 7) is 3.53. The molecule has 0 saturated heterocycles. The van der Waals surface area contributed by atoms with Crippen LogP contribution in [0.15, 0.2) is 43.0 Å². The van der Waals surface area contributed by atoms with Crippen molar-refractivity contribution in [1.82, 2.24) is 29.7 Å². The summed E-state index contributed by atoms with van der Waals surface area (Å²) in [5.74, 6) is -0.131. The molecule has 0 radical (unpaired) electrons. The SMILES string of the molecule is CCOc1ccc(-c2ccc3nc(NC(C)=O)nc(-n4cncn4)c3n2)cc1F. The Morgan fingerprint density at radius 2 is 2.07 bits per heavy atom. The van der Waals surface area contributed by atoms with Gasteiger partial charge in [-0.1, -0.05) is 0 Å². The molecular formula is C19H16FN7O2. The number of nitrogens with one attached hydrogen (secondary N) is 1. The van der Waals surface area contributed by atoms with Gasteiger partial charge in [0.1, 0.15) is 18.2 Å². The molecule has 4 rings (SSSR count). The summed E-state index contributed by atoms with van der Waals surface area (Å²) in [6, 6.07) is 8.09. The van der Waals surface area contributed by atoms with Crippen LogP contribution in [-0.2, 0) is 4.79 Å². The van der Waals surface area contributed by atoms with Crippen molar-refractivity contribution in [3.63, 3.8) is 0 Å². The van der Waals surface area contributed by atoms with E-state index in [1.165, 1.54) is 30.3 Å². The summed E-state index contributed by atoms with van der Waals surface area (Å²) >= 11 is 0. The summed E-state index contributed by atoms with van der Waals surface area (Å²) in [5.41, 5.74) is 2.01. The van der Waals surface area contributed by atoms with E-state index in [0.29, 0.717) is 34.7 Å². The Kier molecular flexibility index (Phi) is 4.82. The van der Waals surface area contributed by atoms with Crippen LogP contribution in [0.25, 0.3) is 28.1 Å². The number of halogens is 1. The first-order valence-corrected chi connectivity index (χ1v) is 8.79. The molecule has 0 bridgehead atoms. The van der Waals surface area contributed by atoms with E-state index in [-0.39, 0.29) is 17.6 Å². The third-order valence-corrected chi connectivity index (χ3v) is 3.97. The van der Waals surface area contributed by atoms with Crippen molar-refractivity contribution >= 4 is 22.9 Å². The number of carbonyl (C=O) groups excluding carboxylic acids is 1. The predicted octanol–water partition coefficient (Wildman–Crippen LogP) is 2.77. The number of aromatic nitrogens is 6. The number of fused-ring (bicyclic) bond motifs is 1. The van der Waals surface area contributed by atoms with Crippen molar-refractivity contribution in [3.8, 4) is 22.8 Å². The lowest BCUT2D eigenvalue weighted by molar-refractivity contribution is -0.114. The number of rotatable bonds is 5. The molecule has 1 aromatic carbocycles. The molecule has 0 unspecified atom stereocenters. The van der Waals surface area contributed by atoms with Gasteiger partial charge in [-0.05, 0) is 37.3 Å². The molecule has 0 fully saturated rings. The zero-order valence-electron chi connectivity index (χ0n) is 15.6. The van der Waals surface area contributed by atoms with Gasteiger partial charge in [0.15, 0.2) is 17.4 Å². The average Bonchev–Trinajstić information content (AvgIpc) is 3.23. The number of benzene rings is 1. The van der Waals surface area contributed by atoms with Gasteiger partial charge in [0, 0.05) is 12.5 Å². The maximum absolute atomic E-state index is 14.3. The molecule has 0 spiro atoms. The number of pyridine rings is 1. The van der Waals surface area contributed by atoms with Crippen molar-refractivity contribution in [2.45, 2.75) is 13.8 Å². The van der Waals surface area contributed by atoms with Gasteiger partial charge in [-0.2, -0.15) is 10.1 Å². The minimum atomic E-state index is -0.472. The quantitative estimate of drug-likeness (QED) is 0.555. The van der Waals surface area contributed by atoms with Gasteiger partial charge in [-0.3, -0.25) is 10.1 Å². The van der Waals surface area contributed by atoms with Gasteiger partial charge in [0.2, 0.25) is 11.9 Å². The first kappa shape index (κ1) is 18.4. The number of nitrogens with zero attached hydrogens (tertiary/aromatic N) is 6. The summed E-state index contributed by atoms with van der Waals surface area (Å²) in [6.07, 6.45) is 2.82. The molecular weight excluding hydrogens is 377 g/mol. The topological polar surface area (TPSA) is 108 Å². The highest BCUT2D eigenvalue weighted by molar-refractivity contribution is 5.90. The molecule has 0 aliphatic carbocycles. The number of anilines is 1. The third-order valence-electron chi connectivity index (χ3n) is 3.97. The van der Waals surface area contributed by atoms with Gasteiger partial charge in [0.05, 0.1) is 17.8 Å². The lowest BCUT2D eigenvalue weighted by atomic mass is 10.1. The van der Waals surface area contributed by atoms with Crippen LogP contribution < -0.4 is 10.1 Å². The Labute approximate surface area is 164 Å². The lowest BCUT2D eigenvalue weighted by Gasteiger charge is -2.10. The third kappa shape index (κ3) is 3.72. The number of ether oxygens (including phenoxy) is 1. The summed E-state index contributed by atoms with van der Waals surface area (Å²) < 4.78 is 20.9. The first-order valence-electron chi connectivity index (χ1n) is 8.79. The van der Waals surface area contributed by atoms with Gasteiger partial charge in [-0.15, -0.1) is 0 Å². The molecule has 4 aromatic rings. The molecule has 0 saturated carbocycles. The summed E-state index contributed by atoms with van der Waals surface area (Å²) in [4.78, 5) is 28.6.